The van der Waals surface area contributed by atoms with Crippen LogP contribution in [0, 0.1) is 0 Å². The Hall–Kier alpha value is -2.89. The third kappa shape index (κ3) is 3.39. The van der Waals surface area contributed by atoms with E-state index in [1.807, 2.05) is 60.0 Å². The van der Waals surface area contributed by atoms with Crippen LogP contribution in [0.4, 0.5) is 5.69 Å². The van der Waals surface area contributed by atoms with E-state index in [4.69, 9.17) is 16.3 Å². The second-order valence-corrected chi connectivity index (χ2v) is 7.19. The second-order valence-electron chi connectivity index (χ2n) is 5.80. The number of methoxy groups -OCH3 is 1. The van der Waals surface area contributed by atoms with Crippen LogP contribution in [0.5, 0.6) is 5.75 Å². The van der Waals surface area contributed by atoms with Crippen LogP contribution in [0.1, 0.15) is 10.4 Å². The quantitative estimate of drug-likeness (QED) is 0.567. The zero-order valence-electron chi connectivity index (χ0n) is 14.4. The summed E-state index contributed by atoms with van der Waals surface area (Å²) in [4.78, 5) is 20.3. The van der Waals surface area contributed by atoms with Crippen LogP contribution in [-0.4, -0.2) is 18.9 Å². The second kappa shape index (κ2) is 7.39. The number of nitrogens with zero attached hydrogens (tertiary/aromatic N) is 2. The van der Waals surface area contributed by atoms with Crippen LogP contribution in [0.25, 0.3) is 6.08 Å². The lowest BCUT2D eigenvalue weighted by Crippen LogP contribution is -2.32. The number of hydrogen-bond donors (Lipinski definition) is 0. The molecule has 0 spiro atoms. The Morgan fingerprint density at radius 3 is 2.52 bits per heavy atom. The van der Waals surface area contributed by atoms with E-state index in [1.165, 1.54) is 0 Å². The van der Waals surface area contributed by atoms with E-state index in [9.17, 15) is 4.79 Å². The van der Waals surface area contributed by atoms with E-state index < -0.39 is 0 Å². The van der Waals surface area contributed by atoms with Gasteiger partial charge in [-0.15, -0.1) is 11.3 Å². The maximum Gasteiger partial charge on any atom is 0.282 e. The summed E-state index contributed by atoms with van der Waals surface area (Å²) < 4.78 is 5.22. The number of anilines is 1. The summed E-state index contributed by atoms with van der Waals surface area (Å²) in [6.45, 7) is 0. The third-order valence-corrected chi connectivity index (χ3v) is 5.28. The maximum atomic E-state index is 13.2. The number of amidine groups is 1. The van der Waals surface area contributed by atoms with Gasteiger partial charge in [-0.2, -0.15) is 0 Å². The van der Waals surface area contributed by atoms with Gasteiger partial charge >= 0.3 is 0 Å². The minimum atomic E-state index is -0.191. The first-order valence-corrected chi connectivity index (χ1v) is 9.50. The number of carbonyl (C=O) groups excluding carboxylic acids is 1. The molecule has 1 aliphatic heterocycles. The predicted octanol–water partition coefficient (Wildman–Crippen LogP) is 5.24. The zero-order chi connectivity index (χ0) is 18.8. The van der Waals surface area contributed by atoms with Crippen LogP contribution in [0.3, 0.4) is 0 Å². The lowest BCUT2D eigenvalue weighted by Gasteiger charge is -2.19. The highest BCUT2D eigenvalue weighted by atomic mass is 35.5. The summed E-state index contributed by atoms with van der Waals surface area (Å²) in [5, 5.41) is 2.51. The third-order valence-electron chi connectivity index (χ3n) is 4.13. The van der Waals surface area contributed by atoms with Crippen LogP contribution in [0.15, 0.2) is 76.7 Å². The molecule has 2 heterocycles. The van der Waals surface area contributed by atoms with Gasteiger partial charge < -0.3 is 4.74 Å². The number of benzene rings is 2. The molecule has 4 rings (SSSR count). The highest BCUT2D eigenvalue weighted by Crippen LogP contribution is 2.31. The summed E-state index contributed by atoms with van der Waals surface area (Å²) in [6, 6.07) is 18.6. The molecule has 0 saturated heterocycles. The Kier molecular flexibility index (Phi) is 4.79. The van der Waals surface area contributed by atoms with Gasteiger partial charge in [0.15, 0.2) is 0 Å². The first-order valence-electron chi connectivity index (χ1n) is 8.24. The summed E-state index contributed by atoms with van der Waals surface area (Å²) in [7, 11) is 1.61. The number of aliphatic imine (C=N–C) groups is 1. The topological polar surface area (TPSA) is 41.9 Å². The summed E-state index contributed by atoms with van der Waals surface area (Å²) in [5.74, 6) is 1.04. The van der Waals surface area contributed by atoms with E-state index in [-0.39, 0.29) is 5.91 Å². The number of thiophene rings is 1. The largest absolute Gasteiger partial charge is 0.497 e. The monoisotopic (exact) mass is 394 g/mol. The smallest absolute Gasteiger partial charge is 0.282 e. The minimum absolute atomic E-state index is 0.191. The average molecular weight is 395 g/mol. The minimum Gasteiger partial charge on any atom is -0.497 e. The van der Waals surface area contributed by atoms with E-state index in [2.05, 4.69) is 4.99 Å². The maximum absolute atomic E-state index is 13.2. The van der Waals surface area contributed by atoms with Gasteiger partial charge in [0.05, 0.1) is 17.8 Å². The molecule has 27 heavy (non-hydrogen) atoms. The average Bonchev–Trinajstić information content (AvgIpc) is 3.31. The molecule has 3 aromatic rings. The molecule has 0 saturated carbocycles. The van der Waals surface area contributed by atoms with Gasteiger partial charge in [-0.3, -0.25) is 9.69 Å². The lowest BCUT2D eigenvalue weighted by atomic mass is 10.1. The molecule has 0 unspecified atom stereocenters. The highest BCUT2D eigenvalue weighted by Gasteiger charge is 2.33. The van der Waals surface area contributed by atoms with Gasteiger partial charge in [0, 0.05) is 10.4 Å². The van der Waals surface area contributed by atoms with Gasteiger partial charge in [0.1, 0.15) is 17.3 Å². The predicted molar refractivity (Wildman–Crippen MR) is 111 cm³/mol. The van der Waals surface area contributed by atoms with Crippen molar-refractivity contribution in [3.8, 4) is 5.75 Å². The number of ether oxygens (including phenoxy) is 1. The Morgan fingerprint density at radius 2 is 1.85 bits per heavy atom. The van der Waals surface area contributed by atoms with Crippen molar-refractivity contribution in [3.63, 3.8) is 0 Å². The number of rotatable bonds is 4. The molecule has 0 fully saturated rings. The Morgan fingerprint density at radius 1 is 1.07 bits per heavy atom. The van der Waals surface area contributed by atoms with E-state index in [0.29, 0.717) is 27.8 Å². The van der Waals surface area contributed by atoms with Crippen molar-refractivity contribution >= 4 is 46.4 Å². The van der Waals surface area contributed by atoms with Crippen LogP contribution >= 0.6 is 22.9 Å². The Labute approximate surface area is 166 Å². The van der Waals surface area contributed by atoms with Crippen LogP contribution in [-0.2, 0) is 4.79 Å². The van der Waals surface area contributed by atoms with Crippen molar-refractivity contribution in [2.45, 2.75) is 0 Å². The molecular weight excluding hydrogens is 380 g/mol. The lowest BCUT2D eigenvalue weighted by molar-refractivity contribution is -0.113. The fraction of sp³-hybridized carbons (Fsp3) is 0.0476. The fourth-order valence-electron chi connectivity index (χ4n) is 2.82. The van der Waals surface area contributed by atoms with E-state index >= 15 is 0 Å². The molecule has 0 N–H and O–H groups in total. The first kappa shape index (κ1) is 17.5. The molecule has 1 aromatic heterocycles. The number of carbonyl (C=O) groups is 1. The van der Waals surface area contributed by atoms with Crippen molar-refractivity contribution in [2.24, 2.45) is 4.99 Å². The van der Waals surface area contributed by atoms with E-state index in [1.54, 1.807) is 35.5 Å². The van der Waals surface area contributed by atoms with Crippen molar-refractivity contribution in [1.82, 2.24) is 0 Å². The molecule has 1 aliphatic rings. The highest BCUT2D eigenvalue weighted by molar-refractivity contribution is 7.10. The van der Waals surface area contributed by atoms with Gasteiger partial charge in [0.2, 0.25) is 0 Å². The number of amides is 1. The molecule has 4 nitrogen and oxygen atoms in total. The molecule has 0 atom stereocenters. The molecule has 6 heteroatoms. The standard InChI is InChI=1S/C21H15ClN2O2S/c1-26-15-10-8-14(9-11-15)24-20(17-6-2-3-7-18(17)22)23-19(21(24)25)13-16-5-4-12-27-16/h2-13H,1H3/b19-13+. The number of halogens is 1. The van der Waals surface area contributed by atoms with Crippen molar-refractivity contribution in [2.75, 3.05) is 12.0 Å². The molecule has 0 bridgehead atoms. The van der Waals surface area contributed by atoms with Crippen LogP contribution < -0.4 is 9.64 Å². The van der Waals surface area contributed by atoms with Gasteiger partial charge in [-0.05, 0) is 53.9 Å². The molecule has 2 aromatic carbocycles. The molecule has 0 aliphatic carbocycles. The summed E-state index contributed by atoms with van der Waals surface area (Å²) >= 11 is 7.94. The van der Waals surface area contributed by atoms with Gasteiger partial charge in [0.25, 0.3) is 5.91 Å². The van der Waals surface area contributed by atoms with Crippen molar-refractivity contribution in [3.05, 3.63) is 87.2 Å². The van der Waals surface area contributed by atoms with Crippen LogP contribution in [0.2, 0.25) is 5.02 Å². The Bertz CT molecular complexity index is 1040. The van der Waals surface area contributed by atoms with Gasteiger partial charge in [-0.1, -0.05) is 29.8 Å². The Balaban J connectivity index is 1.83. The SMILES string of the molecule is COc1ccc(N2C(=O)/C(=C\c3cccs3)N=C2c2ccccc2Cl)cc1. The normalized spacial score (nSPS) is 15.3. The van der Waals surface area contributed by atoms with Gasteiger partial charge in [-0.25, -0.2) is 4.99 Å². The molecular formula is C21H15ClN2O2S. The number of hydrogen-bond acceptors (Lipinski definition) is 4. The summed E-state index contributed by atoms with van der Waals surface area (Å²) in [6.07, 6.45) is 1.80. The van der Waals surface area contributed by atoms with E-state index in [0.717, 1.165) is 10.6 Å². The summed E-state index contributed by atoms with van der Waals surface area (Å²) in [5.41, 5.74) is 1.79. The van der Waals surface area contributed by atoms with Crippen molar-refractivity contribution in [1.29, 1.82) is 0 Å². The first-order chi connectivity index (χ1) is 13.2. The molecule has 134 valence electrons. The fourth-order valence-corrected chi connectivity index (χ4v) is 3.69. The zero-order valence-corrected chi connectivity index (χ0v) is 16.0. The van der Waals surface area contributed by atoms with Crippen molar-refractivity contribution < 1.29 is 9.53 Å². The molecule has 0 radical (unpaired) electrons. The molecule has 1 amide bonds.